The molecule has 6 heteroatoms. The van der Waals surface area contributed by atoms with Crippen LogP contribution in [-0.4, -0.2) is 18.1 Å². The van der Waals surface area contributed by atoms with Crippen LogP contribution in [0, 0.1) is 18.3 Å². The molecule has 0 N–H and O–H groups in total. The highest BCUT2D eigenvalue weighted by Gasteiger charge is 2.20. The summed E-state index contributed by atoms with van der Waals surface area (Å²) in [5.41, 5.74) is -0.807. The Morgan fingerprint density at radius 1 is 1.62 bits per heavy atom. The zero-order valence-corrected chi connectivity index (χ0v) is 8.62. The third kappa shape index (κ3) is 2.14. The van der Waals surface area contributed by atoms with Crippen LogP contribution in [0.2, 0.25) is 0 Å². The second kappa shape index (κ2) is 4.66. The molecule has 16 heavy (non-hydrogen) atoms. The summed E-state index contributed by atoms with van der Waals surface area (Å²) in [6, 6.07) is 2.50. The molecule has 0 saturated heterocycles. The molecule has 0 atom stereocenters. The summed E-state index contributed by atoms with van der Waals surface area (Å²) in [5.74, 6) is -0.753. The zero-order chi connectivity index (χ0) is 12.3. The Hall–Kier alpha value is -2.03. The largest absolute Gasteiger partial charge is 0.465 e. The lowest BCUT2D eigenvalue weighted by Gasteiger charge is -2.07. The topological polar surface area (TPSA) is 63.0 Å². The highest BCUT2D eigenvalue weighted by molar-refractivity contribution is 5.90. The van der Waals surface area contributed by atoms with Crippen molar-refractivity contribution in [2.75, 3.05) is 7.11 Å². The number of hydrogen-bond donors (Lipinski definition) is 0. The van der Waals surface area contributed by atoms with E-state index in [0.717, 1.165) is 13.2 Å². The molecule has 0 radical (unpaired) electrons. The molecule has 1 rings (SSSR count). The molecule has 0 saturated carbocycles. The lowest BCUT2D eigenvalue weighted by atomic mass is 10.1. The van der Waals surface area contributed by atoms with Crippen molar-refractivity contribution < 1.29 is 18.3 Å². The van der Waals surface area contributed by atoms with Crippen LogP contribution in [0.5, 0.6) is 0 Å². The SMILES string of the molecule is COC(=O)c1cc(C(F)F)c(C#N)nc1C. The second-order valence-electron chi connectivity index (χ2n) is 2.96. The average molecular weight is 226 g/mol. The molecule has 0 aromatic carbocycles. The number of nitriles is 1. The van der Waals surface area contributed by atoms with Gasteiger partial charge in [0.2, 0.25) is 0 Å². The predicted octanol–water partition coefficient (Wildman–Crippen LogP) is 1.99. The van der Waals surface area contributed by atoms with Gasteiger partial charge in [-0.15, -0.1) is 0 Å². The first-order chi connectivity index (χ1) is 7.51. The molecular weight excluding hydrogens is 218 g/mol. The van der Waals surface area contributed by atoms with E-state index in [9.17, 15) is 13.6 Å². The molecule has 0 aliphatic rings. The molecule has 4 nitrogen and oxygen atoms in total. The second-order valence-corrected chi connectivity index (χ2v) is 2.96. The number of alkyl halides is 2. The number of rotatable bonds is 2. The quantitative estimate of drug-likeness (QED) is 0.723. The van der Waals surface area contributed by atoms with Crippen molar-refractivity contribution in [3.63, 3.8) is 0 Å². The van der Waals surface area contributed by atoms with Crippen molar-refractivity contribution in [3.8, 4) is 6.07 Å². The molecule has 1 heterocycles. The molecule has 1 aromatic heterocycles. The molecule has 0 spiro atoms. The third-order valence-electron chi connectivity index (χ3n) is 1.99. The van der Waals surface area contributed by atoms with Gasteiger partial charge in [-0.3, -0.25) is 0 Å². The maximum Gasteiger partial charge on any atom is 0.339 e. The summed E-state index contributed by atoms with van der Waals surface area (Å²) in [4.78, 5) is 14.9. The van der Waals surface area contributed by atoms with Gasteiger partial charge in [0.25, 0.3) is 6.43 Å². The standard InChI is InChI=1S/C10H8F2N2O2/c1-5-6(10(15)16-2)3-7(9(11)12)8(4-13)14-5/h3,9H,1-2H3. The van der Waals surface area contributed by atoms with Gasteiger partial charge in [0, 0.05) is 0 Å². The van der Waals surface area contributed by atoms with Crippen LogP contribution >= 0.6 is 0 Å². The Morgan fingerprint density at radius 2 is 2.25 bits per heavy atom. The van der Waals surface area contributed by atoms with E-state index in [0.29, 0.717) is 0 Å². The maximum absolute atomic E-state index is 12.6. The van der Waals surface area contributed by atoms with Gasteiger partial charge < -0.3 is 4.74 Å². The minimum Gasteiger partial charge on any atom is -0.465 e. The monoisotopic (exact) mass is 226 g/mol. The van der Waals surface area contributed by atoms with E-state index >= 15 is 0 Å². The molecule has 0 amide bonds. The van der Waals surface area contributed by atoms with Gasteiger partial charge in [0.1, 0.15) is 11.8 Å². The van der Waals surface area contributed by atoms with E-state index in [1.54, 1.807) is 6.07 Å². The van der Waals surface area contributed by atoms with Crippen LogP contribution in [0.3, 0.4) is 0 Å². The van der Waals surface area contributed by atoms with Gasteiger partial charge in [-0.2, -0.15) is 5.26 Å². The first-order valence-corrected chi connectivity index (χ1v) is 4.29. The highest BCUT2D eigenvalue weighted by atomic mass is 19.3. The average Bonchev–Trinajstić information content (AvgIpc) is 2.27. The van der Waals surface area contributed by atoms with Gasteiger partial charge >= 0.3 is 5.97 Å². The lowest BCUT2D eigenvalue weighted by Crippen LogP contribution is -2.08. The van der Waals surface area contributed by atoms with Crippen molar-refractivity contribution >= 4 is 5.97 Å². The number of pyridine rings is 1. The molecule has 0 bridgehead atoms. The summed E-state index contributed by atoms with van der Waals surface area (Å²) >= 11 is 0. The fraction of sp³-hybridized carbons (Fsp3) is 0.300. The molecule has 1 aromatic rings. The van der Waals surface area contributed by atoms with Gasteiger partial charge in [0.15, 0.2) is 0 Å². The number of hydrogen-bond acceptors (Lipinski definition) is 4. The number of carbonyl (C=O) groups is 1. The zero-order valence-electron chi connectivity index (χ0n) is 8.62. The van der Waals surface area contributed by atoms with E-state index in [4.69, 9.17) is 5.26 Å². The molecule has 0 fully saturated rings. The number of methoxy groups -OCH3 is 1. The number of carbonyl (C=O) groups excluding carboxylic acids is 1. The Kier molecular flexibility index (Phi) is 3.51. The molecular formula is C10H8F2N2O2. The number of nitrogens with zero attached hydrogens (tertiary/aromatic N) is 2. The molecule has 0 aliphatic heterocycles. The van der Waals surface area contributed by atoms with Gasteiger partial charge in [-0.05, 0) is 13.0 Å². The summed E-state index contributed by atoms with van der Waals surface area (Å²) in [5, 5.41) is 8.62. The highest BCUT2D eigenvalue weighted by Crippen LogP contribution is 2.24. The van der Waals surface area contributed by atoms with E-state index in [2.05, 4.69) is 9.72 Å². The first kappa shape index (κ1) is 12.0. The Bertz CT molecular complexity index is 467. The third-order valence-corrected chi connectivity index (χ3v) is 1.99. The van der Waals surface area contributed by atoms with Crippen molar-refractivity contribution in [1.82, 2.24) is 4.98 Å². The number of aromatic nitrogens is 1. The number of esters is 1. The first-order valence-electron chi connectivity index (χ1n) is 4.29. The van der Waals surface area contributed by atoms with Crippen LogP contribution in [0.25, 0.3) is 0 Å². The smallest absolute Gasteiger partial charge is 0.339 e. The molecule has 0 aliphatic carbocycles. The van der Waals surface area contributed by atoms with Crippen LogP contribution < -0.4 is 0 Å². The normalized spacial score (nSPS) is 10.0. The maximum atomic E-state index is 12.6. The predicted molar refractivity (Wildman–Crippen MR) is 50.0 cm³/mol. The van der Waals surface area contributed by atoms with Crippen LogP contribution in [0.1, 0.15) is 33.7 Å². The Morgan fingerprint density at radius 3 is 2.69 bits per heavy atom. The number of aryl methyl sites for hydroxylation is 1. The van der Waals surface area contributed by atoms with Crippen molar-refractivity contribution in [3.05, 3.63) is 28.6 Å². The summed E-state index contributed by atoms with van der Waals surface area (Å²) in [7, 11) is 1.14. The van der Waals surface area contributed by atoms with Crippen LogP contribution in [0.15, 0.2) is 6.07 Å². The van der Waals surface area contributed by atoms with E-state index in [1.165, 1.54) is 6.92 Å². The summed E-state index contributed by atoms with van der Waals surface area (Å²) in [6.45, 7) is 1.45. The number of halogens is 2. The Balaban J connectivity index is 3.40. The van der Waals surface area contributed by atoms with Crippen LogP contribution in [0.4, 0.5) is 8.78 Å². The number of ether oxygens (including phenoxy) is 1. The van der Waals surface area contributed by atoms with Gasteiger partial charge in [-0.1, -0.05) is 0 Å². The fourth-order valence-corrected chi connectivity index (χ4v) is 1.19. The minimum absolute atomic E-state index is 0.0585. The van der Waals surface area contributed by atoms with Crippen molar-refractivity contribution in [1.29, 1.82) is 5.26 Å². The molecule has 0 unspecified atom stereocenters. The van der Waals surface area contributed by atoms with Crippen molar-refractivity contribution in [2.45, 2.75) is 13.3 Å². The van der Waals surface area contributed by atoms with E-state index in [1.807, 2.05) is 0 Å². The summed E-state index contributed by atoms with van der Waals surface area (Å²) in [6.07, 6.45) is -2.86. The Labute approximate surface area is 90.5 Å². The van der Waals surface area contributed by atoms with Crippen molar-refractivity contribution in [2.24, 2.45) is 0 Å². The van der Waals surface area contributed by atoms with E-state index in [-0.39, 0.29) is 17.0 Å². The van der Waals surface area contributed by atoms with Crippen LogP contribution in [-0.2, 0) is 4.74 Å². The summed E-state index contributed by atoms with van der Waals surface area (Å²) < 4.78 is 29.5. The lowest BCUT2D eigenvalue weighted by molar-refractivity contribution is 0.0598. The van der Waals surface area contributed by atoms with Gasteiger partial charge in [0.05, 0.1) is 23.9 Å². The fourth-order valence-electron chi connectivity index (χ4n) is 1.19. The van der Waals surface area contributed by atoms with E-state index < -0.39 is 18.0 Å². The minimum atomic E-state index is -2.86. The van der Waals surface area contributed by atoms with Gasteiger partial charge in [-0.25, -0.2) is 18.6 Å². The molecule has 84 valence electrons.